The topological polar surface area (TPSA) is 114 Å². The molecule has 0 saturated carbocycles. The highest BCUT2D eigenvalue weighted by Gasteiger charge is 2.39. The van der Waals surface area contributed by atoms with E-state index in [1.807, 2.05) is 19.1 Å². The Hall–Kier alpha value is -3.20. The van der Waals surface area contributed by atoms with Crippen molar-refractivity contribution in [1.82, 2.24) is 20.7 Å². The summed E-state index contributed by atoms with van der Waals surface area (Å²) in [4.78, 5) is 37.8. The smallest absolute Gasteiger partial charge is 0.255 e. The van der Waals surface area contributed by atoms with Crippen LogP contribution in [-0.4, -0.2) is 47.0 Å². The minimum absolute atomic E-state index is 0.168. The van der Waals surface area contributed by atoms with E-state index < -0.39 is 11.9 Å². The molecule has 9 nitrogen and oxygen atoms in total. The van der Waals surface area contributed by atoms with E-state index >= 15 is 0 Å². The van der Waals surface area contributed by atoms with Crippen LogP contribution < -0.4 is 15.4 Å². The van der Waals surface area contributed by atoms with Gasteiger partial charge in [0, 0.05) is 31.1 Å². The Morgan fingerprint density at radius 3 is 2.82 bits per heavy atom. The Labute approximate surface area is 192 Å². The van der Waals surface area contributed by atoms with Crippen LogP contribution in [0.4, 0.5) is 0 Å². The number of imide groups is 1. The van der Waals surface area contributed by atoms with Gasteiger partial charge in [-0.25, -0.2) is 0 Å². The van der Waals surface area contributed by atoms with E-state index in [0.717, 1.165) is 61.5 Å². The Morgan fingerprint density at radius 2 is 2.03 bits per heavy atom. The number of unbranched alkanes of at least 4 members (excludes halogenated alkanes) is 3. The fraction of sp³-hybridized carbons (Fsp3) is 0.500. The van der Waals surface area contributed by atoms with Crippen LogP contribution >= 0.6 is 0 Å². The van der Waals surface area contributed by atoms with Crippen LogP contribution in [0.3, 0.4) is 0 Å². The molecule has 0 spiro atoms. The Morgan fingerprint density at radius 1 is 1.18 bits per heavy atom. The van der Waals surface area contributed by atoms with Crippen LogP contribution in [0.15, 0.2) is 28.8 Å². The van der Waals surface area contributed by atoms with Crippen molar-refractivity contribution in [3.8, 4) is 5.75 Å². The third-order valence-corrected chi connectivity index (χ3v) is 5.99. The predicted molar refractivity (Wildman–Crippen MR) is 119 cm³/mol. The maximum absolute atomic E-state index is 12.7. The van der Waals surface area contributed by atoms with Gasteiger partial charge in [0.25, 0.3) is 5.91 Å². The third kappa shape index (κ3) is 5.78. The number of hydrogen-bond acceptors (Lipinski definition) is 7. The lowest BCUT2D eigenvalue weighted by Gasteiger charge is -2.29. The molecule has 2 N–H and O–H groups in total. The summed E-state index contributed by atoms with van der Waals surface area (Å²) in [6.07, 6.45) is 4.87. The molecule has 1 fully saturated rings. The molecule has 2 aliphatic rings. The zero-order valence-electron chi connectivity index (χ0n) is 18.9. The molecular weight excluding hydrogens is 424 g/mol. The number of ether oxygens (including phenoxy) is 1. The fourth-order valence-electron chi connectivity index (χ4n) is 4.25. The molecule has 4 rings (SSSR count). The summed E-state index contributed by atoms with van der Waals surface area (Å²) in [5, 5.41) is 9.64. The van der Waals surface area contributed by atoms with Gasteiger partial charge in [0.2, 0.25) is 11.8 Å². The van der Waals surface area contributed by atoms with Crippen LogP contribution in [0.1, 0.15) is 65.9 Å². The van der Waals surface area contributed by atoms with E-state index in [2.05, 4.69) is 15.8 Å². The second-order valence-electron chi connectivity index (χ2n) is 8.59. The van der Waals surface area contributed by atoms with E-state index in [-0.39, 0.29) is 18.2 Å². The van der Waals surface area contributed by atoms with E-state index in [9.17, 15) is 14.4 Å². The standard InChI is InChI=1S/C24H30N4O5/c1-16-12-18(27-33-16)14-25-10-4-2-3-5-11-32-19-6-7-20-17(13-19)15-28(24(20)31)21-8-9-22(29)26-23(21)30/h6-7,12-13,21,25H,2-5,8-11,14-15H2,1H3,(H,26,29,30). The minimum Gasteiger partial charge on any atom is -0.494 e. The summed E-state index contributed by atoms with van der Waals surface area (Å²) in [7, 11) is 0. The van der Waals surface area contributed by atoms with Gasteiger partial charge in [0.1, 0.15) is 17.6 Å². The summed E-state index contributed by atoms with van der Waals surface area (Å²) < 4.78 is 10.9. The molecule has 1 aromatic heterocycles. The first-order chi connectivity index (χ1) is 16.0. The van der Waals surface area contributed by atoms with E-state index in [1.54, 1.807) is 17.0 Å². The van der Waals surface area contributed by atoms with Crippen molar-refractivity contribution in [3.05, 3.63) is 46.8 Å². The molecule has 1 unspecified atom stereocenters. The maximum Gasteiger partial charge on any atom is 0.255 e. The Bertz CT molecular complexity index is 1020. The number of aryl methyl sites for hydroxylation is 1. The van der Waals surface area contributed by atoms with Gasteiger partial charge in [-0.2, -0.15) is 0 Å². The second-order valence-corrected chi connectivity index (χ2v) is 8.59. The number of amides is 3. The van der Waals surface area contributed by atoms with Crippen LogP contribution in [0.5, 0.6) is 5.75 Å². The average Bonchev–Trinajstić information content (AvgIpc) is 3.35. The number of benzene rings is 1. The first kappa shape index (κ1) is 23.0. The lowest BCUT2D eigenvalue weighted by atomic mass is 10.0. The average molecular weight is 455 g/mol. The number of carbonyl (C=O) groups is 3. The molecule has 2 aromatic rings. The normalized spacial score (nSPS) is 17.9. The number of piperidine rings is 1. The van der Waals surface area contributed by atoms with Crippen LogP contribution in [0.25, 0.3) is 0 Å². The molecule has 3 amide bonds. The van der Waals surface area contributed by atoms with E-state index in [4.69, 9.17) is 9.26 Å². The highest BCUT2D eigenvalue weighted by Crippen LogP contribution is 2.30. The van der Waals surface area contributed by atoms with Gasteiger partial charge in [-0.1, -0.05) is 18.0 Å². The Kier molecular flexibility index (Phi) is 7.39. The monoisotopic (exact) mass is 454 g/mol. The van der Waals surface area contributed by atoms with Gasteiger partial charge in [0.15, 0.2) is 0 Å². The van der Waals surface area contributed by atoms with E-state index in [0.29, 0.717) is 25.1 Å². The minimum atomic E-state index is -0.596. The second kappa shape index (κ2) is 10.6. The van der Waals surface area contributed by atoms with Crippen molar-refractivity contribution in [2.75, 3.05) is 13.2 Å². The molecule has 9 heteroatoms. The molecule has 1 aromatic carbocycles. The molecule has 1 atom stereocenters. The van der Waals surface area contributed by atoms with Crippen molar-refractivity contribution in [3.63, 3.8) is 0 Å². The highest BCUT2D eigenvalue weighted by molar-refractivity contribution is 6.05. The summed E-state index contributed by atoms with van der Waals surface area (Å²) in [5.74, 6) is 0.712. The van der Waals surface area contributed by atoms with Crippen molar-refractivity contribution in [1.29, 1.82) is 0 Å². The fourth-order valence-corrected chi connectivity index (χ4v) is 4.25. The Balaban J connectivity index is 1.14. The number of carbonyl (C=O) groups excluding carboxylic acids is 3. The predicted octanol–water partition coefficient (Wildman–Crippen LogP) is 2.47. The summed E-state index contributed by atoms with van der Waals surface area (Å²) >= 11 is 0. The van der Waals surface area contributed by atoms with E-state index in [1.165, 1.54) is 0 Å². The van der Waals surface area contributed by atoms with Gasteiger partial charge >= 0.3 is 0 Å². The van der Waals surface area contributed by atoms with Crippen molar-refractivity contribution in [2.24, 2.45) is 0 Å². The van der Waals surface area contributed by atoms with Crippen molar-refractivity contribution < 1.29 is 23.6 Å². The quantitative estimate of drug-likeness (QED) is 0.396. The van der Waals surface area contributed by atoms with Crippen molar-refractivity contribution >= 4 is 17.7 Å². The molecule has 0 aliphatic carbocycles. The van der Waals surface area contributed by atoms with Gasteiger partial charge in [0.05, 0.1) is 12.3 Å². The molecular formula is C24H30N4O5. The first-order valence-electron chi connectivity index (χ1n) is 11.5. The molecule has 33 heavy (non-hydrogen) atoms. The van der Waals surface area contributed by atoms with Gasteiger partial charge in [-0.3, -0.25) is 19.7 Å². The van der Waals surface area contributed by atoms with Crippen LogP contribution in [0, 0.1) is 6.92 Å². The van der Waals surface area contributed by atoms with Gasteiger partial charge in [-0.05, 0) is 56.5 Å². The molecule has 1 saturated heterocycles. The number of fused-ring (bicyclic) bond motifs is 1. The number of hydrogen-bond donors (Lipinski definition) is 2. The summed E-state index contributed by atoms with van der Waals surface area (Å²) in [6, 6.07) is 6.79. The zero-order valence-corrected chi connectivity index (χ0v) is 18.9. The summed E-state index contributed by atoms with van der Waals surface area (Å²) in [5.41, 5.74) is 2.38. The number of aromatic nitrogens is 1. The number of nitrogens with zero attached hydrogens (tertiary/aromatic N) is 2. The molecule has 0 bridgehead atoms. The van der Waals surface area contributed by atoms with Gasteiger partial charge in [-0.15, -0.1) is 0 Å². The lowest BCUT2D eigenvalue weighted by Crippen LogP contribution is -2.52. The number of nitrogens with one attached hydrogen (secondary N) is 2. The first-order valence-corrected chi connectivity index (χ1v) is 11.5. The molecule has 3 heterocycles. The number of rotatable bonds is 11. The molecule has 2 aliphatic heterocycles. The molecule has 0 radical (unpaired) electrons. The lowest BCUT2D eigenvalue weighted by molar-refractivity contribution is -0.136. The SMILES string of the molecule is Cc1cc(CNCCCCCCOc2ccc3c(c2)CN(C2CCC(=O)NC2=O)C3=O)no1. The van der Waals surface area contributed by atoms with Crippen LogP contribution in [0.2, 0.25) is 0 Å². The largest absolute Gasteiger partial charge is 0.494 e. The summed E-state index contributed by atoms with van der Waals surface area (Å²) in [6.45, 7) is 4.53. The van der Waals surface area contributed by atoms with Crippen LogP contribution in [-0.2, 0) is 22.7 Å². The maximum atomic E-state index is 12.7. The highest BCUT2D eigenvalue weighted by atomic mass is 16.5. The third-order valence-electron chi connectivity index (χ3n) is 5.99. The zero-order chi connectivity index (χ0) is 23.2. The van der Waals surface area contributed by atoms with Crippen molar-refractivity contribution in [2.45, 2.75) is 64.6 Å². The van der Waals surface area contributed by atoms with Gasteiger partial charge < -0.3 is 19.5 Å². The molecule has 176 valence electrons.